The predicted octanol–water partition coefficient (Wildman–Crippen LogP) is 8.00. The summed E-state index contributed by atoms with van der Waals surface area (Å²) >= 11 is 0. The SMILES string of the molecule is C.C.C.C.CC.CC.c1ccc(COCc2ccccc2)cc1. The molecule has 23 heavy (non-hydrogen) atoms. The highest BCUT2D eigenvalue weighted by atomic mass is 16.5. The molecule has 2 aromatic carbocycles. The van der Waals surface area contributed by atoms with Gasteiger partial charge in [0.15, 0.2) is 0 Å². The molecule has 0 aliphatic carbocycles. The molecule has 0 heterocycles. The molecule has 1 heteroatoms. The van der Waals surface area contributed by atoms with Crippen LogP contribution in [-0.4, -0.2) is 0 Å². The Balaban J connectivity index is -0.000000126. The lowest BCUT2D eigenvalue weighted by Gasteiger charge is -2.03. The van der Waals surface area contributed by atoms with Crippen LogP contribution in [0, 0.1) is 0 Å². The molecule has 0 aromatic heterocycles. The van der Waals surface area contributed by atoms with Crippen LogP contribution in [0.2, 0.25) is 0 Å². The van der Waals surface area contributed by atoms with E-state index in [4.69, 9.17) is 4.74 Å². The Labute approximate surface area is 147 Å². The summed E-state index contributed by atoms with van der Waals surface area (Å²) in [6.45, 7) is 9.35. The van der Waals surface area contributed by atoms with Gasteiger partial charge in [0.25, 0.3) is 0 Å². The van der Waals surface area contributed by atoms with E-state index >= 15 is 0 Å². The molecule has 0 N–H and O–H groups in total. The van der Waals surface area contributed by atoms with Crippen molar-refractivity contribution in [3.8, 4) is 0 Å². The summed E-state index contributed by atoms with van der Waals surface area (Å²) in [7, 11) is 0. The molecule has 1 nitrogen and oxygen atoms in total. The molecule has 0 atom stereocenters. The Morgan fingerprint density at radius 3 is 1.04 bits per heavy atom. The molecule has 0 saturated heterocycles. The van der Waals surface area contributed by atoms with Crippen molar-refractivity contribution < 1.29 is 4.74 Å². The van der Waals surface area contributed by atoms with Crippen LogP contribution in [0.25, 0.3) is 0 Å². The Morgan fingerprint density at radius 1 is 0.522 bits per heavy atom. The average Bonchev–Trinajstić information content (AvgIpc) is 2.53. The van der Waals surface area contributed by atoms with Gasteiger partial charge in [-0.3, -0.25) is 0 Å². The minimum Gasteiger partial charge on any atom is -0.372 e. The van der Waals surface area contributed by atoms with Crippen LogP contribution < -0.4 is 0 Å². The van der Waals surface area contributed by atoms with E-state index in [1.54, 1.807) is 0 Å². The van der Waals surface area contributed by atoms with Gasteiger partial charge >= 0.3 is 0 Å². The second-order valence-corrected chi connectivity index (χ2v) is 3.46. The van der Waals surface area contributed by atoms with Gasteiger partial charge in [-0.15, -0.1) is 0 Å². The Kier molecular flexibility index (Phi) is 36.5. The van der Waals surface area contributed by atoms with Gasteiger partial charge in [-0.1, -0.05) is 118 Å². The molecule has 0 unspecified atom stereocenters. The molecule has 0 aliphatic heterocycles. The summed E-state index contributed by atoms with van der Waals surface area (Å²) in [6.07, 6.45) is 0. The zero-order valence-electron chi connectivity index (χ0n) is 12.6. The second kappa shape index (κ2) is 25.4. The highest BCUT2D eigenvalue weighted by Crippen LogP contribution is 2.05. The maximum Gasteiger partial charge on any atom is 0.0721 e. The fourth-order valence-corrected chi connectivity index (χ4v) is 1.44. The summed E-state index contributed by atoms with van der Waals surface area (Å²) in [5.41, 5.74) is 2.43. The molecule has 2 aromatic rings. The van der Waals surface area contributed by atoms with E-state index in [2.05, 4.69) is 24.3 Å². The number of hydrogen-bond acceptors (Lipinski definition) is 1. The van der Waals surface area contributed by atoms with Crippen LogP contribution in [0.3, 0.4) is 0 Å². The number of hydrogen-bond donors (Lipinski definition) is 0. The van der Waals surface area contributed by atoms with Gasteiger partial charge in [0, 0.05) is 0 Å². The molecule has 0 radical (unpaired) electrons. The summed E-state index contributed by atoms with van der Waals surface area (Å²) in [4.78, 5) is 0. The monoisotopic (exact) mass is 322 g/mol. The van der Waals surface area contributed by atoms with E-state index in [1.165, 1.54) is 11.1 Å². The van der Waals surface area contributed by atoms with Crippen LogP contribution >= 0.6 is 0 Å². The fourth-order valence-electron chi connectivity index (χ4n) is 1.44. The van der Waals surface area contributed by atoms with Gasteiger partial charge in [0.05, 0.1) is 13.2 Å². The maximum absolute atomic E-state index is 5.61. The van der Waals surface area contributed by atoms with E-state index in [1.807, 2.05) is 64.1 Å². The fraction of sp³-hybridized carbons (Fsp3) is 0.455. The summed E-state index contributed by atoms with van der Waals surface area (Å²) in [5.74, 6) is 0. The first-order valence-electron chi connectivity index (χ1n) is 7.11. The summed E-state index contributed by atoms with van der Waals surface area (Å²) in [5, 5.41) is 0. The van der Waals surface area contributed by atoms with Crippen molar-refractivity contribution in [1.82, 2.24) is 0 Å². The van der Waals surface area contributed by atoms with Gasteiger partial charge < -0.3 is 4.74 Å². The predicted molar refractivity (Wildman–Crippen MR) is 111 cm³/mol. The first-order valence-corrected chi connectivity index (χ1v) is 7.11. The lowest BCUT2D eigenvalue weighted by atomic mass is 10.2. The molecule has 0 aliphatic rings. The van der Waals surface area contributed by atoms with Crippen molar-refractivity contribution in [3.63, 3.8) is 0 Å². The van der Waals surface area contributed by atoms with Crippen LogP contribution in [0.1, 0.15) is 68.5 Å². The van der Waals surface area contributed by atoms with Crippen LogP contribution in [0.15, 0.2) is 60.7 Å². The summed E-state index contributed by atoms with van der Waals surface area (Å²) in [6, 6.07) is 20.4. The molecular weight excluding hydrogens is 280 g/mol. The smallest absolute Gasteiger partial charge is 0.0721 e. The van der Waals surface area contributed by atoms with Gasteiger partial charge in [0.2, 0.25) is 0 Å². The Hall–Kier alpha value is -1.60. The van der Waals surface area contributed by atoms with E-state index < -0.39 is 0 Å². The van der Waals surface area contributed by atoms with Gasteiger partial charge in [-0.2, -0.15) is 0 Å². The quantitative estimate of drug-likeness (QED) is 0.554. The van der Waals surface area contributed by atoms with E-state index in [0.717, 1.165) is 0 Å². The van der Waals surface area contributed by atoms with Crippen molar-refractivity contribution in [2.45, 2.75) is 70.6 Å². The van der Waals surface area contributed by atoms with Gasteiger partial charge in [0.1, 0.15) is 0 Å². The van der Waals surface area contributed by atoms with Gasteiger partial charge in [-0.05, 0) is 11.1 Å². The van der Waals surface area contributed by atoms with Crippen molar-refractivity contribution in [3.05, 3.63) is 71.8 Å². The molecule has 0 spiro atoms. The third-order valence-corrected chi connectivity index (χ3v) is 2.22. The van der Waals surface area contributed by atoms with Crippen molar-refractivity contribution in [2.24, 2.45) is 0 Å². The number of ether oxygens (including phenoxy) is 1. The highest BCUT2D eigenvalue weighted by molar-refractivity contribution is 5.15. The average molecular weight is 323 g/mol. The van der Waals surface area contributed by atoms with Crippen LogP contribution in [-0.2, 0) is 18.0 Å². The molecule has 136 valence electrons. The van der Waals surface area contributed by atoms with E-state index in [9.17, 15) is 0 Å². The van der Waals surface area contributed by atoms with Gasteiger partial charge in [-0.25, -0.2) is 0 Å². The Morgan fingerprint density at radius 2 is 0.783 bits per heavy atom. The number of benzene rings is 2. The van der Waals surface area contributed by atoms with Crippen molar-refractivity contribution in [1.29, 1.82) is 0 Å². The minimum absolute atomic E-state index is 0. The standard InChI is InChI=1S/C14H14O.2C2H6.4CH4/c1-3-7-13(8-4-1)11-15-12-14-9-5-2-6-10-14;2*1-2;;;;/h1-10H,11-12H2;2*1-2H3;4*1H4. The molecule has 0 fully saturated rings. The first kappa shape index (κ1) is 33.1. The number of rotatable bonds is 4. The highest BCUT2D eigenvalue weighted by Gasteiger charge is 1.93. The third-order valence-electron chi connectivity index (χ3n) is 2.22. The topological polar surface area (TPSA) is 9.23 Å². The van der Waals surface area contributed by atoms with Crippen LogP contribution in [0.5, 0.6) is 0 Å². The molecule has 0 bridgehead atoms. The second-order valence-electron chi connectivity index (χ2n) is 3.46. The maximum atomic E-state index is 5.61. The minimum atomic E-state index is 0. The lowest BCUT2D eigenvalue weighted by Crippen LogP contribution is -1.93. The Bertz CT molecular complexity index is 342. The molecule has 0 amide bonds. The molecule has 2 rings (SSSR count). The normalized spacial score (nSPS) is 7.13. The first-order chi connectivity index (χ1) is 9.45. The third kappa shape index (κ3) is 16.6. The van der Waals surface area contributed by atoms with Crippen molar-refractivity contribution >= 4 is 0 Å². The zero-order valence-corrected chi connectivity index (χ0v) is 12.6. The van der Waals surface area contributed by atoms with Crippen molar-refractivity contribution in [2.75, 3.05) is 0 Å². The van der Waals surface area contributed by atoms with Crippen LogP contribution in [0.4, 0.5) is 0 Å². The molecular formula is C22H42O. The lowest BCUT2D eigenvalue weighted by molar-refractivity contribution is 0.107. The van der Waals surface area contributed by atoms with E-state index in [0.29, 0.717) is 13.2 Å². The van der Waals surface area contributed by atoms with E-state index in [-0.39, 0.29) is 29.7 Å². The largest absolute Gasteiger partial charge is 0.372 e. The molecule has 0 saturated carbocycles. The zero-order chi connectivity index (χ0) is 14.3. The summed E-state index contributed by atoms with van der Waals surface area (Å²) < 4.78 is 5.61.